The van der Waals surface area contributed by atoms with E-state index in [9.17, 15) is 4.79 Å². The maximum Gasteiger partial charge on any atom is 0.310 e. The van der Waals surface area contributed by atoms with Gasteiger partial charge in [0.25, 0.3) is 0 Å². The summed E-state index contributed by atoms with van der Waals surface area (Å²) in [7, 11) is 4.64. The van der Waals surface area contributed by atoms with Gasteiger partial charge in [-0.05, 0) is 24.6 Å². The molecule has 1 rings (SSSR count). The van der Waals surface area contributed by atoms with Crippen molar-refractivity contribution < 1.29 is 24.1 Å². The van der Waals surface area contributed by atoms with Crippen molar-refractivity contribution >= 4 is 5.97 Å². The number of hydrogen-bond donors (Lipinski definition) is 1. The third-order valence-electron chi connectivity index (χ3n) is 2.79. The maximum absolute atomic E-state index is 11.0. The Morgan fingerprint density at radius 1 is 1.22 bits per heavy atom. The highest BCUT2D eigenvalue weighted by molar-refractivity contribution is 5.76. The number of hydrogen-bond acceptors (Lipinski definition) is 4. The van der Waals surface area contributed by atoms with E-state index in [-0.39, 0.29) is 0 Å². The van der Waals surface area contributed by atoms with Gasteiger partial charge in [-0.25, -0.2) is 0 Å². The molecule has 0 amide bonds. The van der Waals surface area contributed by atoms with Crippen molar-refractivity contribution in [3.63, 3.8) is 0 Å². The van der Waals surface area contributed by atoms with Gasteiger partial charge in [0, 0.05) is 7.11 Å². The van der Waals surface area contributed by atoms with Crippen LogP contribution in [0.2, 0.25) is 0 Å². The van der Waals surface area contributed by atoms with E-state index in [2.05, 4.69) is 0 Å². The van der Waals surface area contributed by atoms with Crippen LogP contribution in [0.1, 0.15) is 24.0 Å². The van der Waals surface area contributed by atoms with Crippen LogP contribution in [0.25, 0.3) is 0 Å². The summed E-state index contributed by atoms with van der Waals surface area (Å²) in [5, 5.41) is 9.03. The van der Waals surface area contributed by atoms with Gasteiger partial charge >= 0.3 is 5.97 Å². The van der Waals surface area contributed by atoms with Gasteiger partial charge in [0.15, 0.2) is 0 Å². The lowest BCUT2D eigenvalue weighted by Gasteiger charge is -2.16. The monoisotopic (exact) mass is 254 g/mol. The summed E-state index contributed by atoms with van der Waals surface area (Å²) >= 11 is 0. The quantitative estimate of drug-likeness (QED) is 0.841. The molecule has 0 aliphatic carbocycles. The van der Waals surface area contributed by atoms with Gasteiger partial charge in [-0.3, -0.25) is 4.79 Å². The SMILES string of the molecule is COCc1c(OC)cc(C(C)C(=O)O)cc1OC. The van der Waals surface area contributed by atoms with Gasteiger partial charge in [-0.1, -0.05) is 0 Å². The van der Waals surface area contributed by atoms with Gasteiger partial charge in [0.05, 0.1) is 32.3 Å². The first-order valence-electron chi connectivity index (χ1n) is 5.51. The van der Waals surface area contributed by atoms with E-state index in [1.165, 1.54) is 14.2 Å². The molecule has 0 saturated heterocycles. The lowest BCUT2D eigenvalue weighted by atomic mass is 9.98. The Morgan fingerprint density at radius 3 is 2.06 bits per heavy atom. The Labute approximate surface area is 106 Å². The number of ether oxygens (including phenoxy) is 3. The van der Waals surface area contributed by atoms with Crippen molar-refractivity contribution in [2.24, 2.45) is 0 Å². The van der Waals surface area contributed by atoms with E-state index in [0.29, 0.717) is 23.7 Å². The summed E-state index contributed by atoms with van der Waals surface area (Å²) in [5.74, 6) is -0.374. The zero-order chi connectivity index (χ0) is 13.7. The number of aliphatic carboxylic acids is 1. The molecule has 5 heteroatoms. The molecule has 1 N–H and O–H groups in total. The first-order chi connectivity index (χ1) is 8.54. The lowest BCUT2D eigenvalue weighted by molar-refractivity contribution is -0.138. The minimum Gasteiger partial charge on any atom is -0.496 e. The van der Waals surface area contributed by atoms with Gasteiger partial charge < -0.3 is 19.3 Å². The molecule has 0 spiro atoms. The fraction of sp³-hybridized carbons (Fsp3) is 0.462. The number of benzene rings is 1. The average Bonchev–Trinajstić information content (AvgIpc) is 2.38. The van der Waals surface area contributed by atoms with Crippen molar-refractivity contribution in [1.29, 1.82) is 0 Å². The smallest absolute Gasteiger partial charge is 0.310 e. The maximum atomic E-state index is 11.0. The largest absolute Gasteiger partial charge is 0.496 e. The molecule has 1 aromatic carbocycles. The van der Waals surface area contributed by atoms with Gasteiger partial charge in [0.2, 0.25) is 0 Å². The Bertz CT molecular complexity index is 402. The molecule has 1 aromatic rings. The van der Waals surface area contributed by atoms with E-state index in [4.69, 9.17) is 19.3 Å². The standard InChI is InChI=1S/C13H18O5/c1-8(13(14)15)9-5-11(17-3)10(7-16-2)12(6-9)18-4/h5-6,8H,7H2,1-4H3,(H,14,15). The van der Waals surface area contributed by atoms with Gasteiger partial charge in [-0.2, -0.15) is 0 Å². The summed E-state index contributed by atoms with van der Waals surface area (Å²) < 4.78 is 15.6. The second-order valence-electron chi connectivity index (χ2n) is 3.90. The van der Waals surface area contributed by atoms with Crippen LogP contribution in [-0.2, 0) is 16.1 Å². The number of methoxy groups -OCH3 is 3. The Balaban J connectivity index is 3.29. The highest BCUT2D eigenvalue weighted by Crippen LogP contribution is 2.33. The van der Waals surface area contributed by atoms with Crippen LogP contribution in [0.5, 0.6) is 11.5 Å². The predicted octanol–water partition coefficient (Wildman–Crippen LogP) is 2.04. The second-order valence-corrected chi connectivity index (χ2v) is 3.90. The number of carbonyl (C=O) groups is 1. The molecule has 100 valence electrons. The molecule has 18 heavy (non-hydrogen) atoms. The summed E-state index contributed by atoms with van der Waals surface area (Å²) in [6, 6.07) is 3.41. The summed E-state index contributed by atoms with van der Waals surface area (Å²) in [6.45, 7) is 1.96. The minimum atomic E-state index is -0.890. The lowest BCUT2D eigenvalue weighted by Crippen LogP contribution is -2.09. The van der Waals surface area contributed by atoms with E-state index < -0.39 is 11.9 Å². The van der Waals surface area contributed by atoms with Crippen LogP contribution in [0.4, 0.5) is 0 Å². The van der Waals surface area contributed by atoms with Gasteiger partial charge in [0.1, 0.15) is 11.5 Å². The zero-order valence-corrected chi connectivity index (χ0v) is 11.0. The normalized spacial score (nSPS) is 12.0. The Kier molecular flexibility index (Phi) is 4.97. The fourth-order valence-electron chi connectivity index (χ4n) is 1.68. The first-order valence-corrected chi connectivity index (χ1v) is 5.51. The predicted molar refractivity (Wildman–Crippen MR) is 66.3 cm³/mol. The number of rotatable bonds is 6. The average molecular weight is 254 g/mol. The number of carboxylic acid groups (broad SMARTS) is 1. The molecule has 0 bridgehead atoms. The van der Waals surface area contributed by atoms with Crippen LogP contribution in [0.15, 0.2) is 12.1 Å². The highest BCUT2D eigenvalue weighted by atomic mass is 16.5. The van der Waals surface area contributed by atoms with Crippen LogP contribution in [0.3, 0.4) is 0 Å². The molecule has 0 aliphatic rings. The summed E-state index contributed by atoms with van der Waals surface area (Å²) in [4.78, 5) is 11.0. The molecule has 5 nitrogen and oxygen atoms in total. The Hall–Kier alpha value is -1.75. The molecule has 0 saturated carbocycles. The molecule has 0 fully saturated rings. The van der Waals surface area contributed by atoms with Crippen molar-refractivity contribution in [3.8, 4) is 11.5 Å². The molecule has 0 aliphatic heterocycles. The van der Waals surface area contributed by atoms with Crippen LogP contribution >= 0.6 is 0 Å². The van der Waals surface area contributed by atoms with Crippen LogP contribution in [-0.4, -0.2) is 32.4 Å². The summed E-state index contributed by atoms with van der Waals surface area (Å²) in [6.07, 6.45) is 0. The molecule has 1 atom stereocenters. The second kappa shape index (κ2) is 6.26. The van der Waals surface area contributed by atoms with E-state index in [1.807, 2.05) is 0 Å². The van der Waals surface area contributed by atoms with Crippen LogP contribution < -0.4 is 9.47 Å². The zero-order valence-electron chi connectivity index (χ0n) is 11.0. The van der Waals surface area contributed by atoms with Crippen molar-refractivity contribution in [3.05, 3.63) is 23.3 Å². The topological polar surface area (TPSA) is 65.0 Å². The van der Waals surface area contributed by atoms with Gasteiger partial charge in [-0.15, -0.1) is 0 Å². The first kappa shape index (κ1) is 14.3. The molecule has 0 heterocycles. The highest BCUT2D eigenvalue weighted by Gasteiger charge is 2.19. The minimum absolute atomic E-state index is 0.341. The molecule has 1 unspecified atom stereocenters. The molecule has 0 aromatic heterocycles. The van der Waals surface area contributed by atoms with Crippen molar-refractivity contribution in [2.45, 2.75) is 19.4 Å². The summed E-state index contributed by atoms with van der Waals surface area (Å²) in [5.41, 5.74) is 1.40. The fourth-order valence-corrected chi connectivity index (χ4v) is 1.68. The molecular formula is C13H18O5. The van der Waals surface area contributed by atoms with Crippen LogP contribution in [0, 0.1) is 0 Å². The third-order valence-corrected chi connectivity index (χ3v) is 2.79. The molecular weight excluding hydrogens is 236 g/mol. The number of carboxylic acids is 1. The third kappa shape index (κ3) is 2.92. The van der Waals surface area contributed by atoms with Crippen molar-refractivity contribution in [1.82, 2.24) is 0 Å². The van der Waals surface area contributed by atoms with Crippen molar-refractivity contribution in [2.75, 3.05) is 21.3 Å². The van der Waals surface area contributed by atoms with E-state index in [0.717, 1.165) is 5.56 Å². The Morgan fingerprint density at radius 2 is 1.72 bits per heavy atom. The van der Waals surface area contributed by atoms with E-state index in [1.54, 1.807) is 26.2 Å². The molecule has 0 radical (unpaired) electrons. The van der Waals surface area contributed by atoms with E-state index >= 15 is 0 Å².